The molecule has 0 aliphatic rings. The van der Waals surface area contributed by atoms with E-state index in [0.717, 1.165) is 0 Å². The molecule has 1 unspecified atom stereocenters. The Morgan fingerprint density at radius 1 is 1.05 bits per heavy atom. The lowest BCUT2D eigenvalue weighted by molar-refractivity contribution is -0.227. The van der Waals surface area contributed by atoms with Gasteiger partial charge in [0.15, 0.2) is 5.60 Å². The van der Waals surface area contributed by atoms with Crippen LogP contribution in [-0.4, -0.2) is 59.6 Å². The van der Waals surface area contributed by atoms with Gasteiger partial charge in [0, 0.05) is 0 Å². The Balaban J connectivity index is -0.00000144. The molecule has 0 bridgehead atoms. The molecule has 0 saturated carbocycles. The molecule has 13 nitrogen and oxygen atoms in total. The fourth-order valence-corrected chi connectivity index (χ4v) is 1.00. The molecule has 14 heteroatoms. The average molecular weight is 324 g/mol. The van der Waals surface area contributed by atoms with Crippen molar-refractivity contribution in [1.82, 2.24) is 0 Å². The van der Waals surface area contributed by atoms with Crippen molar-refractivity contribution in [3.05, 3.63) is 0 Å². The Kier molecular flexibility index (Phi) is 10.0. The summed E-state index contributed by atoms with van der Waals surface area (Å²) in [6.45, 7) is 0. The summed E-state index contributed by atoms with van der Waals surface area (Å²) in [7, 11) is -5.12. The molecule has 0 aliphatic heterocycles. The van der Waals surface area contributed by atoms with Crippen molar-refractivity contribution in [2.75, 3.05) is 0 Å². The van der Waals surface area contributed by atoms with Crippen LogP contribution in [-0.2, 0) is 28.5 Å². The SMILES string of the molecule is O.O.O=C(O)CC(O)(CC(=O)OOP(=O)(O)O)C(=O)O. The number of hydrogen-bond donors (Lipinski definition) is 5. The first-order valence-corrected chi connectivity index (χ1v) is 5.61. The number of carboxylic acids is 2. The van der Waals surface area contributed by atoms with Crippen LogP contribution in [0.3, 0.4) is 0 Å². The summed E-state index contributed by atoms with van der Waals surface area (Å²) in [5.74, 6) is -5.38. The minimum Gasteiger partial charge on any atom is -0.481 e. The largest absolute Gasteiger partial charge is 0.505 e. The van der Waals surface area contributed by atoms with Crippen LogP contribution in [0.15, 0.2) is 0 Å². The summed E-state index contributed by atoms with van der Waals surface area (Å²) in [4.78, 5) is 51.6. The Hall–Kier alpha value is -1.60. The lowest BCUT2D eigenvalue weighted by Gasteiger charge is -2.19. The molecule has 0 fully saturated rings. The van der Waals surface area contributed by atoms with Crippen LogP contribution in [0.2, 0.25) is 0 Å². The van der Waals surface area contributed by atoms with E-state index in [2.05, 4.69) is 9.56 Å². The van der Waals surface area contributed by atoms with Crippen LogP contribution in [0.5, 0.6) is 0 Å². The Labute approximate surface area is 110 Å². The summed E-state index contributed by atoms with van der Waals surface area (Å²) < 4.78 is 13.4. The van der Waals surface area contributed by atoms with Gasteiger partial charge in [-0.2, -0.15) is 0 Å². The highest BCUT2D eigenvalue weighted by Crippen LogP contribution is 2.36. The van der Waals surface area contributed by atoms with Gasteiger partial charge in [-0.25, -0.2) is 14.2 Å². The van der Waals surface area contributed by atoms with E-state index in [1.807, 2.05) is 0 Å². The molecule has 20 heavy (non-hydrogen) atoms. The smallest absolute Gasteiger partial charge is 0.481 e. The number of carboxylic acid groups (broad SMARTS) is 2. The molecule has 0 spiro atoms. The maximum absolute atomic E-state index is 10.9. The van der Waals surface area contributed by atoms with E-state index in [1.54, 1.807) is 0 Å². The predicted octanol–water partition coefficient (Wildman–Crippen LogP) is -3.42. The lowest BCUT2D eigenvalue weighted by Crippen LogP contribution is -2.43. The zero-order valence-electron chi connectivity index (χ0n) is 9.55. The van der Waals surface area contributed by atoms with Gasteiger partial charge in [-0.05, 0) is 0 Å². The number of aliphatic carboxylic acids is 2. The van der Waals surface area contributed by atoms with Gasteiger partial charge in [-0.15, -0.1) is 0 Å². The van der Waals surface area contributed by atoms with Gasteiger partial charge in [0.25, 0.3) is 0 Å². The van der Waals surface area contributed by atoms with E-state index in [-0.39, 0.29) is 11.0 Å². The van der Waals surface area contributed by atoms with Crippen LogP contribution >= 0.6 is 7.82 Å². The third-order valence-corrected chi connectivity index (χ3v) is 1.77. The van der Waals surface area contributed by atoms with Crippen LogP contribution in [0.1, 0.15) is 12.8 Å². The van der Waals surface area contributed by atoms with E-state index >= 15 is 0 Å². The standard InChI is InChI=1S/C6H9O11P.2H2O/c7-3(8)1-6(12,5(10)11)2-4(9)16-17-18(13,14)15;;/h12H,1-2H2,(H,7,8)(H,10,11)(H2,13,14,15);2*1H2. The lowest BCUT2D eigenvalue weighted by atomic mass is 9.96. The minimum absolute atomic E-state index is 0. The van der Waals surface area contributed by atoms with E-state index in [0.29, 0.717) is 0 Å². The van der Waals surface area contributed by atoms with Crippen molar-refractivity contribution in [3.8, 4) is 0 Å². The normalized spacial score (nSPS) is 13.2. The summed E-state index contributed by atoms with van der Waals surface area (Å²) in [6, 6.07) is 0. The molecule has 0 aliphatic carbocycles. The monoisotopic (exact) mass is 324 g/mol. The third kappa shape index (κ3) is 9.35. The van der Waals surface area contributed by atoms with Crippen molar-refractivity contribution in [2.45, 2.75) is 18.4 Å². The molecule has 120 valence electrons. The first kappa shape index (κ1) is 23.5. The highest BCUT2D eigenvalue weighted by atomic mass is 31.2. The molecule has 1 atom stereocenters. The zero-order chi connectivity index (χ0) is 14.6. The van der Waals surface area contributed by atoms with E-state index in [1.165, 1.54) is 0 Å². The summed E-state index contributed by atoms with van der Waals surface area (Å²) in [5.41, 5.74) is -2.97. The third-order valence-electron chi connectivity index (χ3n) is 1.51. The first-order valence-electron chi connectivity index (χ1n) is 4.08. The molecule has 0 radical (unpaired) electrons. The van der Waals surface area contributed by atoms with Crippen molar-refractivity contribution >= 4 is 25.7 Å². The molecule has 9 N–H and O–H groups in total. The van der Waals surface area contributed by atoms with Crippen LogP contribution < -0.4 is 0 Å². The number of aliphatic hydroxyl groups is 1. The zero-order valence-corrected chi connectivity index (χ0v) is 10.4. The second kappa shape index (κ2) is 8.55. The van der Waals surface area contributed by atoms with Gasteiger partial charge >= 0.3 is 25.7 Å². The number of hydrogen-bond acceptors (Lipinski definition) is 7. The van der Waals surface area contributed by atoms with E-state index < -0.39 is 44.2 Å². The molecule has 0 aromatic rings. The maximum Gasteiger partial charge on any atom is 0.505 e. The molecule has 0 amide bonds. The quantitative estimate of drug-likeness (QED) is 0.175. The number of carbonyl (C=O) groups is 3. The van der Waals surface area contributed by atoms with Crippen molar-refractivity contribution < 1.29 is 64.6 Å². The van der Waals surface area contributed by atoms with E-state index in [4.69, 9.17) is 20.0 Å². The number of carbonyl (C=O) groups excluding carboxylic acids is 1. The van der Waals surface area contributed by atoms with Crippen LogP contribution in [0.25, 0.3) is 0 Å². The van der Waals surface area contributed by atoms with E-state index in [9.17, 15) is 24.1 Å². The fraction of sp³-hybridized carbons (Fsp3) is 0.500. The molecule has 0 saturated heterocycles. The van der Waals surface area contributed by atoms with Crippen LogP contribution in [0, 0.1) is 0 Å². The average Bonchev–Trinajstić information content (AvgIpc) is 2.11. The summed E-state index contributed by atoms with van der Waals surface area (Å²) in [6.07, 6.45) is -2.68. The predicted molar refractivity (Wildman–Crippen MR) is 55.9 cm³/mol. The molecule has 0 aromatic heterocycles. The van der Waals surface area contributed by atoms with Gasteiger partial charge < -0.3 is 36.1 Å². The van der Waals surface area contributed by atoms with Crippen LogP contribution in [0.4, 0.5) is 0 Å². The Morgan fingerprint density at radius 2 is 1.50 bits per heavy atom. The topological polar surface area (TPSA) is 251 Å². The molecule has 0 rings (SSSR count). The van der Waals surface area contributed by atoms with Gasteiger partial charge in [0.05, 0.1) is 12.8 Å². The Bertz CT molecular complexity index is 398. The van der Waals surface area contributed by atoms with Crippen molar-refractivity contribution in [1.29, 1.82) is 0 Å². The Morgan fingerprint density at radius 3 is 1.80 bits per heavy atom. The van der Waals surface area contributed by atoms with Crippen molar-refractivity contribution in [3.63, 3.8) is 0 Å². The van der Waals surface area contributed by atoms with Gasteiger partial charge in [-0.3, -0.25) is 9.68 Å². The maximum atomic E-state index is 10.9. The summed E-state index contributed by atoms with van der Waals surface area (Å²) in [5, 5.41) is 26.2. The highest BCUT2D eigenvalue weighted by Gasteiger charge is 2.42. The van der Waals surface area contributed by atoms with Gasteiger partial charge in [0.1, 0.15) is 0 Å². The fourth-order valence-electron chi connectivity index (χ4n) is 0.822. The second-order valence-corrected chi connectivity index (χ2v) is 4.23. The number of rotatable bonds is 7. The minimum atomic E-state index is -5.12. The molecule has 0 aromatic carbocycles. The van der Waals surface area contributed by atoms with Crippen molar-refractivity contribution in [2.24, 2.45) is 0 Å². The molecular weight excluding hydrogens is 311 g/mol. The van der Waals surface area contributed by atoms with Gasteiger partial charge in [0.2, 0.25) is 0 Å². The number of phosphoric acid groups is 1. The first-order chi connectivity index (χ1) is 7.96. The van der Waals surface area contributed by atoms with Gasteiger partial charge in [-0.1, -0.05) is 4.67 Å². The summed E-state index contributed by atoms with van der Waals surface area (Å²) >= 11 is 0. The highest BCUT2D eigenvalue weighted by molar-refractivity contribution is 7.46. The molecular formula is C6H13O13P. The molecule has 0 heterocycles. The second-order valence-electron chi connectivity index (χ2n) is 3.10.